The Hall–Kier alpha value is -2.92. The normalized spacial score (nSPS) is 11.1. The fraction of sp³-hybridized carbons (Fsp3) is 0.182. The van der Waals surface area contributed by atoms with Crippen LogP contribution in [0.3, 0.4) is 0 Å². The zero-order chi connectivity index (χ0) is 19.0. The van der Waals surface area contributed by atoms with Crippen LogP contribution in [-0.2, 0) is 6.54 Å². The van der Waals surface area contributed by atoms with E-state index >= 15 is 0 Å². The molecule has 0 saturated carbocycles. The SMILES string of the molecule is Cc1cc(C)c2c(-n3cccc3)c(C(=O)NCc3ccccc3C)sc2n1. The predicted octanol–water partition coefficient (Wildman–Crippen LogP) is 4.94. The molecule has 1 amide bonds. The molecule has 0 saturated heterocycles. The molecule has 4 rings (SSSR count). The first kappa shape index (κ1) is 17.5. The van der Waals surface area contributed by atoms with Gasteiger partial charge in [0.05, 0.1) is 5.69 Å². The summed E-state index contributed by atoms with van der Waals surface area (Å²) in [5.41, 5.74) is 5.31. The lowest BCUT2D eigenvalue weighted by Gasteiger charge is -2.10. The highest BCUT2D eigenvalue weighted by Crippen LogP contribution is 2.35. The molecule has 0 unspecified atom stereocenters. The van der Waals surface area contributed by atoms with Crippen LogP contribution in [0, 0.1) is 20.8 Å². The maximum atomic E-state index is 13.1. The Balaban J connectivity index is 1.76. The van der Waals surface area contributed by atoms with Crippen molar-refractivity contribution in [2.45, 2.75) is 27.3 Å². The van der Waals surface area contributed by atoms with Gasteiger partial charge in [0.15, 0.2) is 0 Å². The average molecular weight is 375 g/mol. The van der Waals surface area contributed by atoms with Gasteiger partial charge in [0.2, 0.25) is 0 Å². The van der Waals surface area contributed by atoms with E-state index in [1.165, 1.54) is 16.9 Å². The zero-order valence-electron chi connectivity index (χ0n) is 15.6. The number of amides is 1. The number of thiophene rings is 1. The first-order chi connectivity index (χ1) is 13.0. The molecule has 1 N–H and O–H groups in total. The molecule has 1 aromatic carbocycles. The molecule has 0 aliphatic rings. The van der Waals surface area contributed by atoms with Crippen molar-refractivity contribution in [2.24, 2.45) is 0 Å². The zero-order valence-corrected chi connectivity index (χ0v) is 16.4. The van der Waals surface area contributed by atoms with Gasteiger partial charge in [0.25, 0.3) is 5.91 Å². The second-order valence-electron chi connectivity index (χ2n) is 6.74. The van der Waals surface area contributed by atoms with Crippen molar-refractivity contribution in [1.29, 1.82) is 0 Å². The smallest absolute Gasteiger partial charge is 0.263 e. The van der Waals surface area contributed by atoms with E-state index < -0.39 is 0 Å². The van der Waals surface area contributed by atoms with Crippen molar-refractivity contribution in [3.63, 3.8) is 0 Å². The van der Waals surface area contributed by atoms with Crippen LogP contribution in [0.1, 0.15) is 32.1 Å². The monoisotopic (exact) mass is 375 g/mol. The van der Waals surface area contributed by atoms with Crippen LogP contribution in [0.25, 0.3) is 15.9 Å². The lowest BCUT2D eigenvalue weighted by molar-refractivity contribution is 0.0955. The number of rotatable bonds is 4. The van der Waals surface area contributed by atoms with Gasteiger partial charge in [-0.1, -0.05) is 24.3 Å². The van der Waals surface area contributed by atoms with Crippen LogP contribution >= 0.6 is 11.3 Å². The van der Waals surface area contributed by atoms with E-state index in [2.05, 4.69) is 36.3 Å². The number of hydrogen-bond acceptors (Lipinski definition) is 3. The van der Waals surface area contributed by atoms with Crippen molar-refractivity contribution in [1.82, 2.24) is 14.9 Å². The predicted molar refractivity (Wildman–Crippen MR) is 111 cm³/mol. The molecule has 0 radical (unpaired) electrons. The molecule has 3 aromatic heterocycles. The number of benzene rings is 1. The maximum absolute atomic E-state index is 13.1. The molecule has 0 aliphatic carbocycles. The molecular formula is C22H21N3OS. The van der Waals surface area contributed by atoms with Crippen LogP contribution in [0.2, 0.25) is 0 Å². The maximum Gasteiger partial charge on any atom is 0.263 e. The number of aromatic nitrogens is 2. The van der Waals surface area contributed by atoms with Gasteiger partial charge in [-0.3, -0.25) is 4.79 Å². The van der Waals surface area contributed by atoms with Crippen molar-refractivity contribution in [3.8, 4) is 5.69 Å². The van der Waals surface area contributed by atoms with Crippen molar-refractivity contribution >= 4 is 27.5 Å². The molecule has 136 valence electrons. The van der Waals surface area contributed by atoms with Crippen LogP contribution < -0.4 is 5.32 Å². The van der Waals surface area contributed by atoms with E-state index in [1.54, 1.807) is 0 Å². The summed E-state index contributed by atoms with van der Waals surface area (Å²) < 4.78 is 2.01. The first-order valence-corrected chi connectivity index (χ1v) is 9.73. The molecule has 0 bridgehead atoms. The Morgan fingerprint density at radius 1 is 1.07 bits per heavy atom. The van der Waals surface area contributed by atoms with E-state index in [0.29, 0.717) is 11.4 Å². The van der Waals surface area contributed by atoms with Gasteiger partial charge in [-0.2, -0.15) is 0 Å². The van der Waals surface area contributed by atoms with Gasteiger partial charge >= 0.3 is 0 Å². The van der Waals surface area contributed by atoms with Gasteiger partial charge in [-0.05, 0) is 55.7 Å². The van der Waals surface area contributed by atoms with Gasteiger partial charge in [-0.25, -0.2) is 4.98 Å². The Labute approximate surface area is 162 Å². The second-order valence-corrected chi connectivity index (χ2v) is 7.74. The first-order valence-electron chi connectivity index (χ1n) is 8.91. The van der Waals surface area contributed by atoms with E-state index in [1.807, 2.05) is 54.2 Å². The summed E-state index contributed by atoms with van der Waals surface area (Å²) in [5, 5.41) is 4.13. The molecule has 27 heavy (non-hydrogen) atoms. The average Bonchev–Trinajstić information content (AvgIpc) is 3.27. The van der Waals surface area contributed by atoms with E-state index in [4.69, 9.17) is 0 Å². The van der Waals surface area contributed by atoms with Crippen LogP contribution in [0.15, 0.2) is 54.9 Å². The minimum absolute atomic E-state index is 0.0676. The summed E-state index contributed by atoms with van der Waals surface area (Å²) in [4.78, 5) is 19.3. The fourth-order valence-electron chi connectivity index (χ4n) is 3.37. The van der Waals surface area contributed by atoms with Crippen molar-refractivity contribution < 1.29 is 4.79 Å². The van der Waals surface area contributed by atoms with Crippen LogP contribution in [0.4, 0.5) is 0 Å². The topological polar surface area (TPSA) is 46.9 Å². The van der Waals surface area contributed by atoms with Crippen LogP contribution in [-0.4, -0.2) is 15.5 Å². The summed E-state index contributed by atoms with van der Waals surface area (Å²) in [6, 6.07) is 14.1. The molecule has 0 spiro atoms. The number of carbonyl (C=O) groups excluding carboxylic acids is 1. The van der Waals surface area contributed by atoms with Crippen molar-refractivity contribution in [3.05, 3.63) is 82.1 Å². The second kappa shape index (κ2) is 7.00. The lowest BCUT2D eigenvalue weighted by atomic mass is 10.1. The minimum atomic E-state index is -0.0676. The number of fused-ring (bicyclic) bond motifs is 1. The number of nitrogens with one attached hydrogen (secondary N) is 1. The standard InChI is InChI=1S/C22H21N3OS/c1-14-8-4-5-9-17(14)13-23-21(26)20-19(25-10-6-7-11-25)18-15(2)12-16(3)24-22(18)27-20/h4-12H,13H2,1-3H3,(H,23,26). The molecule has 4 aromatic rings. The summed E-state index contributed by atoms with van der Waals surface area (Å²) in [7, 11) is 0. The summed E-state index contributed by atoms with van der Waals surface area (Å²) in [6.45, 7) is 6.63. The Bertz CT molecular complexity index is 1130. The molecule has 3 heterocycles. The van der Waals surface area contributed by atoms with Gasteiger partial charge in [0.1, 0.15) is 9.71 Å². The van der Waals surface area contributed by atoms with E-state index in [0.717, 1.165) is 32.7 Å². The molecule has 0 fully saturated rings. The summed E-state index contributed by atoms with van der Waals surface area (Å²) in [5.74, 6) is -0.0676. The third kappa shape index (κ3) is 3.26. The summed E-state index contributed by atoms with van der Waals surface area (Å²) in [6.07, 6.45) is 3.94. The molecule has 0 atom stereocenters. The highest BCUT2D eigenvalue weighted by molar-refractivity contribution is 7.21. The molecule has 0 aliphatic heterocycles. The Morgan fingerprint density at radius 2 is 1.81 bits per heavy atom. The Kier molecular flexibility index (Phi) is 4.54. The quantitative estimate of drug-likeness (QED) is 0.549. The fourth-order valence-corrected chi connectivity index (χ4v) is 4.58. The molecule has 5 heteroatoms. The van der Waals surface area contributed by atoms with E-state index in [-0.39, 0.29) is 5.91 Å². The number of aryl methyl sites for hydroxylation is 3. The minimum Gasteiger partial charge on any atom is -0.347 e. The number of carbonyl (C=O) groups is 1. The molecular weight excluding hydrogens is 354 g/mol. The number of hydrogen-bond donors (Lipinski definition) is 1. The third-order valence-electron chi connectivity index (χ3n) is 4.73. The van der Waals surface area contributed by atoms with Gasteiger partial charge in [-0.15, -0.1) is 11.3 Å². The number of pyridine rings is 1. The Morgan fingerprint density at radius 3 is 2.56 bits per heavy atom. The molecule has 4 nitrogen and oxygen atoms in total. The van der Waals surface area contributed by atoms with Gasteiger partial charge < -0.3 is 9.88 Å². The number of nitrogens with zero attached hydrogens (tertiary/aromatic N) is 2. The largest absolute Gasteiger partial charge is 0.347 e. The third-order valence-corrected chi connectivity index (χ3v) is 5.80. The summed E-state index contributed by atoms with van der Waals surface area (Å²) >= 11 is 1.45. The van der Waals surface area contributed by atoms with Gasteiger partial charge in [0, 0.05) is 30.0 Å². The van der Waals surface area contributed by atoms with E-state index in [9.17, 15) is 4.79 Å². The lowest BCUT2D eigenvalue weighted by Crippen LogP contribution is -2.23. The highest BCUT2D eigenvalue weighted by Gasteiger charge is 2.22. The van der Waals surface area contributed by atoms with Crippen molar-refractivity contribution in [2.75, 3.05) is 0 Å². The van der Waals surface area contributed by atoms with Crippen LogP contribution in [0.5, 0.6) is 0 Å². The highest BCUT2D eigenvalue weighted by atomic mass is 32.1.